The van der Waals surface area contributed by atoms with Crippen molar-refractivity contribution >= 4 is 44.8 Å². The van der Waals surface area contributed by atoms with Gasteiger partial charge in [0.1, 0.15) is 13.1 Å². The summed E-state index contributed by atoms with van der Waals surface area (Å²) in [5.74, 6) is -0.558. The highest BCUT2D eigenvalue weighted by Crippen LogP contribution is 2.31. The van der Waals surface area contributed by atoms with Gasteiger partial charge in [-0.1, -0.05) is 52.7 Å². The summed E-state index contributed by atoms with van der Waals surface area (Å²) in [6.45, 7) is 3.31. The molecule has 3 aromatic carbocycles. The molecule has 0 spiro atoms. The van der Waals surface area contributed by atoms with Crippen molar-refractivity contribution < 1.29 is 18.0 Å². The minimum Gasteiger partial charge on any atom is -0.350 e. The third kappa shape index (κ3) is 6.29. The highest BCUT2D eigenvalue weighted by atomic mass is 35.5. The van der Waals surface area contributed by atoms with Crippen LogP contribution in [0.4, 0.5) is 11.4 Å². The largest absolute Gasteiger partial charge is 0.350 e. The molecule has 11 heteroatoms. The van der Waals surface area contributed by atoms with Crippen LogP contribution in [0.3, 0.4) is 0 Å². The van der Waals surface area contributed by atoms with E-state index in [1.165, 1.54) is 12.1 Å². The second-order valence-corrected chi connectivity index (χ2v) is 11.7. The van der Waals surface area contributed by atoms with Crippen molar-refractivity contribution in [2.75, 3.05) is 22.3 Å². The number of halogens is 1. The predicted molar refractivity (Wildman–Crippen MR) is 151 cm³/mol. The van der Waals surface area contributed by atoms with Gasteiger partial charge in [-0.3, -0.25) is 13.9 Å². The Balaban J connectivity index is 1.50. The first-order valence-electron chi connectivity index (χ1n) is 12.4. The molecule has 0 saturated carbocycles. The minimum atomic E-state index is -4.07. The van der Waals surface area contributed by atoms with Crippen molar-refractivity contribution in [3.63, 3.8) is 0 Å². The van der Waals surface area contributed by atoms with Gasteiger partial charge in [0.2, 0.25) is 11.8 Å². The molecule has 1 atom stereocenters. The zero-order valence-electron chi connectivity index (χ0n) is 21.6. The number of carbonyl (C=O) groups excluding carboxylic acids is 2. The van der Waals surface area contributed by atoms with E-state index in [-0.39, 0.29) is 29.9 Å². The lowest BCUT2D eigenvalue weighted by molar-refractivity contribution is -0.120. The van der Waals surface area contributed by atoms with E-state index in [1.807, 2.05) is 6.92 Å². The van der Waals surface area contributed by atoms with Gasteiger partial charge >= 0.3 is 0 Å². The number of rotatable bonds is 10. The number of amides is 2. The van der Waals surface area contributed by atoms with E-state index in [0.717, 1.165) is 15.4 Å². The maximum atomic E-state index is 13.6. The predicted octanol–water partition coefficient (Wildman–Crippen LogP) is 4.73. The number of benzene rings is 3. The third-order valence-electron chi connectivity index (χ3n) is 6.72. The molecule has 1 aliphatic heterocycles. The summed E-state index contributed by atoms with van der Waals surface area (Å²) in [6.07, 6.45) is 0.947. The average Bonchev–Trinajstić information content (AvgIpc) is 3.28. The zero-order chi connectivity index (χ0) is 28.2. The Hall–Kier alpha value is -3.76. The monoisotopic (exact) mass is 568 g/mol. The maximum Gasteiger partial charge on any atom is 0.264 e. The quantitative estimate of drug-likeness (QED) is 0.355. The lowest BCUT2D eigenvalue weighted by Crippen LogP contribution is -2.41. The van der Waals surface area contributed by atoms with Crippen molar-refractivity contribution in [3.8, 4) is 0 Å². The van der Waals surface area contributed by atoms with Gasteiger partial charge in [-0.15, -0.1) is 0 Å². The Morgan fingerprint density at radius 2 is 1.77 bits per heavy atom. The smallest absolute Gasteiger partial charge is 0.264 e. The zero-order valence-corrected chi connectivity index (χ0v) is 23.2. The summed E-state index contributed by atoms with van der Waals surface area (Å²) in [5.41, 5.74) is 3.19. The fourth-order valence-electron chi connectivity index (χ4n) is 4.52. The van der Waals surface area contributed by atoms with Crippen LogP contribution in [0.25, 0.3) is 0 Å². The van der Waals surface area contributed by atoms with Gasteiger partial charge < -0.3 is 10.2 Å². The van der Waals surface area contributed by atoms with Crippen LogP contribution in [0.5, 0.6) is 0 Å². The molecule has 1 unspecified atom stereocenters. The van der Waals surface area contributed by atoms with Gasteiger partial charge in [0.15, 0.2) is 0 Å². The molecule has 4 rings (SSSR count). The second-order valence-electron chi connectivity index (χ2n) is 9.42. The Morgan fingerprint density at radius 1 is 1.08 bits per heavy atom. The number of nitroso groups, excluding NO2 is 1. The molecule has 2 amide bonds. The van der Waals surface area contributed by atoms with Crippen LogP contribution in [0.2, 0.25) is 5.02 Å². The number of carbonyl (C=O) groups is 2. The number of nitrogens with zero attached hydrogens (tertiary/aromatic N) is 3. The molecule has 1 heterocycles. The van der Waals surface area contributed by atoms with Gasteiger partial charge in [0, 0.05) is 23.7 Å². The van der Waals surface area contributed by atoms with Crippen molar-refractivity contribution in [3.05, 3.63) is 93.4 Å². The average molecular weight is 569 g/mol. The number of nitrogens with one attached hydrogen (secondary N) is 1. The van der Waals surface area contributed by atoms with Crippen molar-refractivity contribution in [2.45, 2.75) is 44.2 Å². The van der Waals surface area contributed by atoms with E-state index in [9.17, 15) is 22.9 Å². The van der Waals surface area contributed by atoms with Gasteiger partial charge in [0.25, 0.3) is 10.0 Å². The van der Waals surface area contributed by atoms with Crippen molar-refractivity contribution in [1.82, 2.24) is 5.32 Å². The van der Waals surface area contributed by atoms with Crippen LogP contribution >= 0.6 is 11.6 Å². The minimum absolute atomic E-state index is 0.0393. The van der Waals surface area contributed by atoms with Gasteiger partial charge in [0.05, 0.1) is 16.6 Å². The second kappa shape index (κ2) is 12.0. The number of hydrogen-bond acceptors (Lipinski definition) is 6. The molecule has 39 heavy (non-hydrogen) atoms. The Kier molecular flexibility index (Phi) is 8.66. The SMILES string of the molecule is Cc1ccc(S(=O)(=O)N(CC(=O)NCc2ccc(N3C(=O)CCC3CN=O)cc2)c2cccc(Cl)c2C)cc1. The lowest BCUT2D eigenvalue weighted by Gasteiger charge is -2.26. The van der Waals surface area contributed by atoms with Gasteiger partial charge in [-0.05, 0) is 67.8 Å². The van der Waals surface area contributed by atoms with Crippen LogP contribution in [-0.2, 0) is 26.2 Å². The Bertz CT molecular complexity index is 1480. The van der Waals surface area contributed by atoms with Crippen LogP contribution in [0, 0.1) is 18.8 Å². The molecular formula is C28H29ClN4O5S. The van der Waals surface area contributed by atoms with E-state index in [0.29, 0.717) is 34.8 Å². The lowest BCUT2D eigenvalue weighted by atomic mass is 10.1. The molecule has 1 aliphatic rings. The van der Waals surface area contributed by atoms with Crippen LogP contribution in [-0.4, -0.2) is 39.4 Å². The van der Waals surface area contributed by atoms with E-state index in [1.54, 1.807) is 66.4 Å². The van der Waals surface area contributed by atoms with Crippen LogP contribution in [0.1, 0.15) is 29.5 Å². The first-order chi connectivity index (χ1) is 18.6. The van der Waals surface area contributed by atoms with E-state index in [4.69, 9.17) is 11.6 Å². The number of anilines is 2. The number of hydrogen-bond donors (Lipinski definition) is 1. The summed E-state index contributed by atoms with van der Waals surface area (Å²) in [6, 6.07) is 18.1. The summed E-state index contributed by atoms with van der Waals surface area (Å²) in [5, 5.41) is 6.11. The highest BCUT2D eigenvalue weighted by Gasteiger charge is 2.32. The first-order valence-corrected chi connectivity index (χ1v) is 14.2. The summed E-state index contributed by atoms with van der Waals surface area (Å²) >= 11 is 6.28. The molecule has 1 N–H and O–H groups in total. The van der Waals surface area contributed by atoms with Gasteiger partial charge in [-0.25, -0.2) is 8.42 Å². The fraction of sp³-hybridized carbons (Fsp3) is 0.286. The molecule has 3 aromatic rings. The normalized spacial score (nSPS) is 15.3. The Labute approximate surface area is 232 Å². The van der Waals surface area contributed by atoms with Crippen LogP contribution in [0.15, 0.2) is 76.8 Å². The fourth-order valence-corrected chi connectivity index (χ4v) is 6.17. The van der Waals surface area contributed by atoms with E-state index < -0.39 is 22.5 Å². The summed E-state index contributed by atoms with van der Waals surface area (Å²) < 4.78 is 28.3. The molecule has 9 nitrogen and oxygen atoms in total. The van der Waals surface area contributed by atoms with Crippen molar-refractivity contribution in [1.29, 1.82) is 0 Å². The molecule has 1 fully saturated rings. The molecule has 204 valence electrons. The number of sulfonamides is 1. The highest BCUT2D eigenvalue weighted by molar-refractivity contribution is 7.92. The standard InChI is InChI=1S/C28H29ClN4O5S/c1-19-6-13-24(14-7-19)39(37,38)32(26-5-3-4-25(29)20(26)2)18-27(34)30-16-21-8-10-22(11-9-21)33-23(17-31-36)12-15-28(33)35/h3-11,13-14,23H,12,15-18H2,1-2H3,(H,30,34). The van der Waals surface area contributed by atoms with Crippen molar-refractivity contribution in [2.24, 2.45) is 5.18 Å². The summed E-state index contributed by atoms with van der Waals surface area (Å²) in [4.78, 5) is 37.7. The molecule has 0 bridgehead atoms. The van der Waals surface area contributed by atoms with E-state index in [2.05, 4.69) is 10.5 Å². The van der Waals surface area contributed by atoms with Gasteiger partial charge in [-0.2, -0.15) is 4.91 Å². The first kappa shape index (κ1) is 28.3. The Morgan fingerprint density at radius 3 is 2.44 bits per heavy atom. The molecule has 1 saturated heterocycles. The maximum absolute atomic E-state index is 13.6. The molecule has 0 aliphatic carbocycles. The molecular weight excluding hydrogens is 540 g/mol. The number of aryl methyl sites for hydroxylation is 1. The molecule has 0 aromatic heterocycles. The van der Waals surface area contributed by atoms with Crippen LogP contribution < -0.4 is 14.5 Å². The summed E-state index contributed by atoms with van der Waals surface area (Å²) in [7, 11) is -4.07. The third-order valence-corrected chi connectivity index (χ3v) is 8.90. The topological polar surface area (TPSA) is 116 Å². The van der Waals surface area contributed by atoms with E-state index >= 15 is 0 Å². The molecule has 0 radical (unpaired) electrons.